The van der Waals surface area contributed by atoms with E-state index in [1.807, 2.05) is 12.1 Å². The Hall–Kier alpha value is -2.62. The van der Waals surface area contributed by atoms with E-state index in [-0.39, 0.29) is 0 Å². The zero-order valence-electron chi connectivity index (χ0n) is 11.9. The molecule has 2 N–H and O–H groups in total. The molecule has 0 fully saturated rings. The molecule has 0 saturated heterocycles. The number of nitrogens with two attached hydrogens (primary N) is 1. The van der Waals surface area contributed by atoms with Crippen molar-refractivity contribution < 1.29 is 0 Å². The van der Waals surface area contributed by atoms with Crippen molar-refractivity contribution >= 4 is 5.69 Å². The second-order valence-corrected chi connectivity index (χ2v) is 5.53. The van der Waals surface area contributed by atoms with Gasteiger partial charge in [0.1, 0.15) is 0 Å². The predicted molar refractivity (Wildman–Crippen MR) is 83.7 cm³/mol. The number of aryl methyl sites for hydroxylation is 2. The van der Waals surface area contributed by atoms with Crippen molar-refractivity contribution in [3.05, 3.63) is 53.6 Å². The topological polar surface area (TPSA) is 56.7 Å². The van der Waals surface area contributed by atoms with Crippen LogP contribution in [0.1, 0.15) is 11.1 Å². The van der Waals surface area contributed by atoms with Crippen LogP contribution in [0.15, 0.2) is 42.5 Å². The molecule has 1 aromatic heterocycles. The minimum Gasteiger partial charge on any atom is -0.399 e. The van der Waals surface area contributed by atoms with Gasteiger partial charge in [-0.2, -0.15) is 0 Å². The van der Waals surface area contributed by atoms with Gasteiger partial charge < -0.3 is 10.3 Å². The third-order valence-electron chi connectivity index (χ3n) is 4.04. The molecule has 21 heavy (non-hydrogen) atoms. The zero-order valence-corrected chi connectivity index (χ0v) is 11.9. The van der Waals surface area contributed by atoms with Gasteiger partial charge in [-0.3, -0.25) is 0 Å². The third kappa shape index (κ3) is 1.91. The van der Waals surface area contributed by atoms with Crippen LogP contribution in [0.2, 0.25) is 0 Å². The molecule has 0 amide bonds. The Labute approximate surface area is 123 Å². The molecule has 104 valence electrons. The molecule has 0 radical (unpaired) electrons. The number of hydrogen-bond acceptors (Lipinski definition) is 3. The SMILES string of the molecule is Cc1ccc(-c2nnc3n2CCc2ccc(N)cc2-3)cc1. The van der Waals surface area contributed by atoms with Gasteiger partial charge in [-0.05, 0) is 31.0 Å². The van der Waals surface area contributed by atoms with E-state index in [4.69, 9.17) is 5.73 Å². The average molecular weight is 276 g/mol. The molecule has 4 nitrogen and oxygen atoms in total. The maximum Gasteiger partial charge on any atom is 0.164 e. The Morgan fingerprint density at radius 3 is 2.57 bits per heavy atom. The van der Waals surface area contributed by atoms with Gasteiger partial charge in [0.15, 0.2) is 11.6 Å². The summed E-state index contributed by atoms with van der Waals surface area (Å²) in [5.74, 6) is 1.84. The van der Waals surface area contributed by atoms with Crippen molar-refractivity contribution in [1.82, 2.24) is 14.8 Å². The van der Waals surface area contributed by atoms with Gasteiger partial charge in [0.05, 0.1) is 0 Å². The van der Waals surface area contributed by atoms with E-state index in [9.17, 15) is 0 Å². The van der Waals surface area contributed by atoms with Gasteiger partial charge in [-0.1, -0.05) is 35.9 Å². The van der Waals surface area contributed by atoms with Crippen LogP contribution in [0.25, 0.3) is 22.8 Å². The lowest BCUT2D eigenvalue weighted by Gasteiger charge is -2.19. The number of rotatable bonds is 1. The molecule has 2 aromatic carbocycles. The number of nitrogens with zero attached hydrogens (tertiary/aromatic N) is 3. The Bertz CT molecular complexity index is 815. The Morgan fingerprint density at radius 2 is 1.76 bits per heavy atom. The van der Waals surface area contributed by atoms with Gasteiger partial charge in [0, 0.05) is 23.4 Å². The zero-order chi connectivity index (χ0) is 14.4. The molecule has 2 heterocycles. The molecule has 0 saturated carbocycles. The summed E-state index contributed by atoms with van der Waals surface area (Å²) in [7, 11) is 0. The lowest BCUT2D eigenvalue weighted by Crippen LogP contribution is -2.12. The molecule has 1 aliphatic rings. The number of anilines is 1. The van der Waals surface area contributed by atoms with E-state index in [0.29, 0.717) is 0 Å². The van der Waals surface area contributed by atoms with E-state index in [1.54, 1.807) is 0 Å². The van der Waals surface area contributed by atoms with Crippen LogP contribution < -0.4 is 5.73 Å². The monoisotopic (exact) mass is 276 g/mol. The van der Waals surface area contributed by atoms with Crippen molar-refractivity contribution in [2.45, 2.75) is 19.9 Å². The number of aromatic nitrogens is 3. The van der Waals surface area contributed by atoms with Crippen LogP contribution in [-0.2, 0) is 13.0 Å². The number of fused-ring (bicyclic) bond motifs is 3. The first-order chi connectivity index (χ1) is 10.2. The Kier molecular flexibility index (Phi) is 2.57. The molecule has 0 bridgehead atoms. The quantitative estimate of drug-likeness (QED) is 0.695. The second-order valence-electron chi connectivity index (χ2n) is 5.53. The fraction of sp³-hybridized carbons (Fsp3) is 0.176. The lowest BCUT2D eigenvalue weighted by atomic mass is 9.99. The van der Waals surface area contributed by atoms with Gasteiger partial charge in [0.2, 0.25) is 0 Å². The number of benzene rings is 2. The van der Waals surface area contributed by atoms with Crippen molar-refractivity contribution in [2.24, 2.45) is 0 Å². The maximum atomic E-state index is 5.92. The molecular weight excluding hydrogens is 260 g/mol. The maximum absolute atomic E-state index is 5.92. The van der Waals surface area contributed by atoms with E-state index >= 15 is 0 Å². The largest absolute Gasteiger partial charge is 0.399 e. The van der Waals surface area contributed by atoms with E-state index in [1.165, 1.54) is 11.1 Å². The summed E-state index contributed by atoms with van der Waals surface area (Å²) in [6.45, 7) is 2.99. The lowest BCUT2D eigenvalue weighted by molar-refractivity contribution is 0.688. The minimum absolute atomic E-state index is 0.766. The van der Waals surface area contributed by atoms with Crippen molar-refractivity contribution in [3.8, 4) is 22.8 Å². The Balaban J connectivity index is 1.87. The van der Waals surface area contributed by atoms with Crippen LogP contribution in [0.4, 0.5) is 5.69 Å². The first-order valence-electron chi connectivity index (χ1n) is 7.11. The summed E-state index contributed by atoms with van der Waals surface area (Å²) in [4.78, 5) is 0. The second kappa shape index (κ2) is 4.45. The molecule has 0 unspecified atom stereocenters. The summed E-state index contributed by atoms with van der Waals surface area (Å²) in [6, 6.07) is 14.4. The molecule has 0 aliphatic carbocycles. The standard InChI is InChI=1S/C17H16N4/c1-11-2-4-13(5-3-11)16-19-20-17-15-10-14(18)7-6-12(15)8-9-21(16)17/h2-7,10H,8-9,18H2,1H3. The summed E-state index contributed by atoms with van der Waals surface area (Å²) < 4.78 is 2.19. The summed E-state index contributed by atoms with van der Waals surface area (Å²) in [5.41, 5.74) is 11.4. The van der Waals surface area contributed by atoms with Crippen LogP contribution in [0.5, 0.6) is 0 Å². The van der Waals surface area contributed by atoms with Crippen molar-refractivity contribution in [1.29, 1.82) is 0 Å². The summed E-state index contributed by atoms with van der Waals surface area (Å²) in [5, 5.41) is 8.79. The molecule has 4 heteroatoms. The Morgan fingerprint density at radius 1 is 1.00 bits per heavy atom. The molecule has 4 rings (SSSR count). The molecule has 3 aromatic rings. The first-order valence-corrected chi connectivity index (χ1v) is 7.11. The van der Waals surface area contributed by atoms with Crippen LogP contribution in [0.3, 0.4) is 0 Å². The van der Waals surface area contributed by atoms with Crippen LogP contribution in [-0.4, -0.2) is 14.8 Å². The molecular formula is C17H16N4. The highest BCUT2D eigenvalue weighted by atomic mass is 15.3. The van der Waals surface area contributed by atoms with Crippen molar-refractivity contribution in [2.75, 3.05) is 5.73 Å². The van der Waals surface area contributed by atoms with E-state index in [0.717, 1.165) is 41.4 Å². The molecule has 0 atom stereocenters. The highest BCUT2D eigenvalue weighted by Gasteiger charge is 2.22. The van der Waals surface area contributed by atoms with Gasteiger partial charge in [0.25, 0.3) is 0 Å². The fourth-order valence-corrected chi connectivity index (χ4v) is 2.88. The van der Waals surface area contributed by atoms with Crippen LogP contribution >= 0.6 is 0 Å². The van der Waals surface area contributed by atoms with Gasteiger partial charge in [-0.15, -0.1) is 10.2 Å². The van der Waals surface area contributed by atoms with Crippen molar-refractivity contribution in [3.63, 3.8) is 0 Å². The summed E-state index contributed by atoms with van der Waals surface area (Å²) >= 11 is 0. The smallest absolute Gasteiger partial charge is 0.164 e. The van der Waals surface area contributed by atoms with E-state index in [2.05, 4.69) is 52.0 Å². The third-order valence-corrected chi connectivity index (χ3v) is 4.04. The van der Waals surface area contributed by atoms with Crippen LogP contribution in [0, 0.1) is 6.92 Å². The first kappa shape index (κ1) is 12.1. The average Bonchev–Trinajstić information content (AvgIpc) is 2.92. The van der Waals surface area contributed by atoms with Gasteiger partial charge in [-0.25, -0.2) is 0 Å². The molecule has 1 aliphatic heterocycles. The number of nitrogen functional groups attached to an aromatic ring is 1. The number of hydrogen-bond donors (Lipinski definition) is 1. The highest BCUT2D eigenvalue weighted by Crippen LogP contribution is 2.32. The fourth-order valence-electron chi connectivity index (χ4n) is 2.88. The molecule has 0 spiro atoms. The minimum atomic E-state index is 0.766. The highest BCUT2D eigenvalue weighted by molar-refractivity contribution is 5.70. The predicted octanol–water partition coefficient (Wildman–Crippen LogP) is 3.06. The summed E-state index contributed by atoms with van der Waals surface area (Å²) in [6.07, 6.45) is 0.986. The van der Waals surface area contributed by atoms with Gasteiger partial charge >= 0.3 is 0 Å². The normalized spacial score (nSPS) is 12.8. The van der Waals surface area contributed by atoms with E-state index < -0.39 is 0 Å².